The number of hydrogen-bond donors (Lipinski definition) is 1. The molecule has 1 amide bonds. The fourth-order valence-corrected chi connectivity index (χ4v) is 4.26. The highest BCUT2D eigenvalue weighted by Crippen LogP contribution is 2.22. The van der Waals surface area contributed by atoms with Gasteiger partial charge in [-0.2, -0.15) is 0 Å². The number of carbonyl (C=O) groups excluding carboxylic acids is 1. The Kier molecular flexibility index (Phi) is 6.70. The van der Waals surface area contributed by atoms with E-state index in [9.17, 15) is 17.6 Å². The average molecular weight is 358 g/mol. The maximum atomic E-state index is 12.9. The van der Waals surface area contributed by atoms with Crippen LogP contribution in [0.3, 0.4) is 0 Å². The molecule has 1 heterocycles. The van der Waals surface area contributed by atoms with E-state index in [1.54, 1.807) is 7.11 Å². The van der Waals surface area contributed by atoms with Crippen LogP contribution in [0.1, 0.15) is 18.4 Å². The van der Waals surface area contributed by atoms with Crippen molar-refractivity contribution in [2.24, 2.45) is 5.92 Å². The molecule has 6 nitrogen and oxygen atoms in total. The van der Waals surface area contributed by atoms with Crippen LogP contribution in [0.15, 0.2) is 24.3 Å². The van der Waals surface area contributed by atoms with Crippen molar-refractivity contribution in [3.63, 3.8) is 0 Å². The van der Waals surface area contributed by atoms with E-state index in [-0.39, 0.29) is 17.6 Å². The van der Waals surface area contributed by atoms with Gasteiger partial charge in [-0.05, 0) is 30.5 Å². The first-order valence-corrected chi connectivity index (χ1v) is 9.52. The molecule has 1 fully saturated rings. The number of piperidine rings is 1. The number of amides is 1. The first-order valence-electron chi connectivity index (χ1n) is 7.91. The van der Waals surface area contributed by atoms with Crippen molar-refractivity contribution in [1.29, 1.82) is 0 Å². The Morgan fingerprint density at radius 2 is 1.92 bits per heavy atom. The lowest BCUT2D eigenvalue weighted by atomic mass is 9.97. The second-order valence-corrected chi connectivity index (χ2v) is 7.81. The molecule has 1 saturated heterocycles. The summed E-state index contributed by atoms with van der Waals surface area (Å²) in [6.45, 7) is 1.56. The molecular formula is C16H23FN2O4S. The number of sulfonamides is 1. The molecule has 8 heteroatoms. The molecule has 0 aromatic heterocycles. The zero-order valence-electron chi connectivity index (χ0n) is 13.7. The van der Waals surface area contributed by atoms with Gasteiger partial charge in [0.15, 0.2) is 0 Å². The summed E-state index contributed by atoms with van der Waals surface area (Å²) in [7, 11) is -1.89. The third kappa shape index (κ3) is 5.25. The average Bonchev–Trinajstić information content (AvgIpc) is 2.57. The van der Waals surface area contributed by atoms with Crippen LogP contribution in [0, 0.1) is 11.7 Å². The van der Waals surface area contributed by atoms with Crippen LogP contribution in [-0.2, 0) is 25.3 Å². The van der Waals surface area contributed by atoms with E-state index in [4.69, 9.17) is 4.74 Å². The summed E-state index contributed by atoms with van der Waals surface area (Å²) in [6, 6.07) is 5.45. The number of benzene rings is 1. The lowest BCUT2D eigenvalue weighted by Crippen LogP contribution is -2.43. The Labute approximate surface area is 142 Å². The summed E-state index contributed by atoms with van der Waals surface area (Å²) in [4.78, 5) is 12.0. The van der Waals surface area contributed by atoms with Crippen molar-refractivity contribution >= 4 is 15.9 Å². The van der Waals surface area contributed by atoms with Gasteiger partial charge in [0.05, 0.1) is 12.4 Å². The van der Waals surface area contributed by atoms with E-state index in [1.165, 1.54) is 28.6 Å². The van der Waals surface area contributed by atoms with Crippen LogP contribution in [0.25, 0.3) is 0 Å². The number of carbonyl (C=O) groups is 1. The molecule has 0 atom stereocenters. The van der Waals surface area contributed by atoms with E-state index in [0.29, 0.717) is 44.6 Å². The molecule has 1 aromatic rings. The van der Waals surface area contributed by atoms with Gasteiger partial charge < -0.3 is 10.1 Å². The van der Waals surface area contributed by atoms with Crippen molar-refractivity contribution in [2.75, 3.05) is 33.4 Å². The number of hydrogen-bond acceptors (Lipinski definition) is 4. The van der Waals surface area contributed by atoms with Crippen LogP contribution >= 0.6 is 0 Å². The van der Waals surface area contributed by atoms with Gasteiger partial charge in [0.2, 0.25) is 15.9 Å². The summed E-state index contributed by atoms with van der Waals surface area (Å²) in [5, 5.41) is 2.78. The monoisotopic (exact) mass is 358 g/mol. The molecule has 0 radical (unpaired) electrons. The van der Waals surface area contributed by atoms with Gasteiger partial charge >= 0.3 is 0 Å². The fourth-order valence-electron chi connectivity index (χ4n) is 2.70. The van der Waals surface area contributed by atoms with E-state index in [1.807, 2.05) is 0 Å². The number of nitrogens with zero attached hydrogens (tertiary/aromatic N) is 1. The maximum Gasteiger partial charge on any atom is 0.223 e. The molecule has 0 unspecified atom stereocenters. The largest absolute Gasteiger partial charge is 0.383 e. The molecule has 1 aliphatic rings. The minimum absolute atomic E-state index is 0.0531. The lowest BCUT2D eigenvalue weighted by molar-refractivity contribution is -0.126. The summed E-state index contributed by atoms with van der Waals surface area (Å²) in [5.74, 6) is -0.768. The summed E-state index contributed by atoms with van der Waals surface area (Å²) >= 11 is 0. The van der Waals surface area contributed by atoms with Gasteiger partial charge in [-0.1, -0.05) is 12.1 Å². The predicted molar refractivity (Wildman–Crippen MR) is 88.2 cm³/mol. The summed E-state index contributed by atoms with van der Waals surface area (Å²) in [6.07, 6.45) is 1.00. The van der Waals surface area contributed by atoms with Crippen LogP contribution < -0.4 is 5.32 Å². The molecule has 0 bridgehead atoms. The van der Waals surface area contributed by atoms with E-state index >= 15 is 0 Å². The molecular weight excluding hydrogens is 335 g/mol. The highest BCUT2D eigenvalue weighted by molar-refractivity contribution is 7.88. The Morgan fingerprint density at radius 3 is 2.50 bits per heavy atom. The first kappa shape index (κ1) is 18.8. The molecule has 134 valence electrons. The SMILES string of the molecule is COCCNC(=O)C1CCN(S(=O)(=O)Cc2ccc(F)cc2)CC1. The zero-order valence-corrected chi connectivity index (χ0v) is 14.5. The zero-order chi connectivity index (χ0) is 17.6. The van der Waals surface area contributed by atoms with Crippen molar-refractivity contribution < 1.29 is 22.3 Å². The van der Waals surface area contributed by atoms with Gasteiger partial charge in [0.25, 0.3) is 0 Å². The number of halogens is 1. The number of ether oxygens (including phenoxy) is 1. The van der Waals surface area contributed by atoms with E-state index in [0.717, 1.165) is 0 Å². The van der Waals surface area contributed by atoms with Crippen molar-refractivity contribution in [3.05, 3.63) is 35.6 Å². The Bertz CT molecular complexity index is 641. The van der Waals surface area contributed by atoms with E-state index < -0.39 is 15.8 Å². The smallest absolute Gasteiger partial charge is 0.223 e. The third-order valence-electron chi connectivity index (χ3n) is 4.09. The second-order valence-electron chi connectivity index (χ2n) is 5.84. The molecule has 1 aromatic carbocycles. The van der Waals surface area contributed by atoms with Gasteiger partial charge in [0.1, 0.15) is 5.82 Å². The number of nitrogens with one attached hydrogen (secondary N) is 1. The molecule has 24 heavy (non-hydrogen) atoms. The van der Waals surface area contributed by atoms with Crippen LogP contribution in [0.4, 0.5) is 4.39 Å². The quantitative estimate of drug-likeness (QED) is 0.742. The fraction of sp³-hybridized carbons (Fsp3) is 0.562. The number of rotatable bonds is 7. The minimum atomic E-state index is -3.46. The second kappa shape index (κ2) is 8.55. The van der Waals surface area contributed by atoms with Crippen molar-refractivity contribution in [3.8, 4) is 0 Å². The summed E-state index contributed by atoms with van der Waals surface area (Å²) < 4.78 is 44.1. The first-order chi connectivity index (χ1) is 11.4. The Hall–Kier alpha value is -1.51. The standard InChI is InChI=1S/C16H23FN2O4S/c1-23-11-8-18-16(20)14-6-9-19(10-7-14)24(21,22)12-13-2-4-15(17)5-3-13/h2-5,14H,6-12H2,1H3,(H,18,20). The van der Waals surface area contributed by atoms with E-state index in [2.05, 4.69) is 5.32 Å². The molecule has 2 rings (SSSR count). The third-order valence-corrected chi connectivity index (χ3v) is 5.94. The molecule has 0 spiro atoms. The highest BCUT2D eigenvalue weighted by Gasteiger charge is 2.30. The highest BCUT2D eigenvalue weighted by atomic mass is 32.2. The van der Waals surface area contributed by atoms with Gasteiger partial charge in [-0.15, -0.1) is 0 Å². The van der Waals surface area contributed by atoms with Crippen LogP contribution in [0.2, 0.25) is 0 Å². The van der Waals surface area contributed by atoms with Crippen molar-refractivity contribution in [2.45, 2.75) is 18.6 Å². The number of methoxy groups -OCH3 is 1. The van der Waals surface area contributed by atoms with Crippen LogP contribution in [-0.4, -0.2) is 52.0 Å². The van der Waals surface area contributed by atoms with Crippen molar-refractivity contribution in [1.82, 2.24) is 9.62 Å². The lowest BCUT2D eigenvalue weighted by Gasteiger charge is -2.30. The van der Waals surface area contributed by atoms with Gasteiger partial charge in [0, 0.05) is 32.7 Å². The molecule has 1 N–H and O–H groups in total. The van der Waals surface area contributed by atoms with Crippen LogP contribution in [0.5, 0.6) is 0 Å². The molecule has 0 aliphatic carbocycles. The predicted octanol–water partition coefficient (Wildman–Crippen LogP) is 1.13. The van der Waals surface area contributed by atoms with Gasteiger partial charge in [-0.3, -0.25) is 4.79 Å². The molecule has 0 saturated carbocycles. The Morgan fingerprint density at radius 1 is 1.29 bits per heavy atom. The normalized spacial score (nSPS) is 16.9. The Balaban J connectivity index is 1.86. The maximum absolute atomic E-state index is 12.9. The molecule has 1 aliphatic heterocycles. The summed E-state index contributed by atoms with van der Waals surface area (Å²) in [5.41, 5.74) is 0.552. The topological polar surface area (TPSA) is 75.7 Å². The minimum Gasteiger partial charge on any atom is -0.383 e. The van der Waals surface area contributed by atoms with Gasteiger partial charge in [-0.25, -0.2) is 17.1 Å².